The molecule has 1 aliphatic heterocycles. The molecule has 0 fully saturated rings. The molecular weight excluding hydrogens is 444 g/mol. The van der Waals surface area contributed by atoms with E-state index in [0.29, 0.717) is 5.56 Å². The summed E-state index contributed by atoms with van der Waals surface area (Å²) in [6, 6.07) is 23.3. The predicted octanol–water partition coefficient (Wildman–Crippen LogP) is 6.17. The topological polar surface area (TPSA) is 58.6 Å². The van der Waals surface area contributed by atoms with E-state index >= 15 is 0 Å². The highest BCUT2D eigenvalue weighted by molar-refractivity contribution is 7.89. The van der Waals surface area contributed by atoms with Gasteiger partial charge in [-0.1, -0.05) is 79.7 Å². The molecular formula is C28H32N2O3S. The first kappa shape index (κ1) is 24.2. The van der Waals surface area contributed by atoms with Gasteiger partial charge in [0, 0.05) is 11.1 Å². The quantitative estimate of drug-likeness (QED) is 0.443. The van der Waals surface area contributed by atoms with Gasteiger partial charge in [0.2, 0.25) is 10.0 Å². The number of sulfonamides is 1. The van der Waals surface area contributed by atoms with Crippen LogP contribution in [0.3, 0.4) is 0 Å². The lowest BCUT2D eigenvalue weighted by atomic mass is 10.0. The van der Waals surface area contributed by atoms with Crippen molar-refractivity contribution in [2.24, 2.45) is 0 Å². The molecule has 3 aromatic rings. The Morgan fingerprint density at radius 2 is 1.68 bits per heavy atom. The Kier molecular flexibility index (Phi) is 6.94. The number of anilines is 1. The van der Waals surface area contributed by atoms with E-state index in [-0.39, 0.29) is 17.5 Å². The van der Waals surface area contributed by atoms with Gasteiger partial charge in [0.1, 0.15) is 0 Å². The Morgan fingerprint density at radius 1 is 0.971 bits per heavy atom. The van der Waals surface area contributed by atoms with Crippen LogP contribution in [0.4, 0.5) is 5.69 Å². The summed E-state index contributed by atoms with van der Waals surface area (Å²) in [4.78, 5) is 6.53. The Bertz CT molecular complexity index is 1280. The zero-order chi connectivity index (χ0) is 24.3. The fourth-order valence-electron chi connectivity index (χ4n) is 4.11. The van der Waals surface area contributed by atoms with Crippen LogP contribution in [0.15, 0.2) is 83.8 Å². The van der Waals surface area contributed by atoms with Gasteiger partial charge in [-0.15, -0.1) is 0 Å². The van der Waals surface area contributed by atoms with Crippen LogP contribution in [0, 0.1) is 0 Å². The van der Waals surface area contributed by atoms with Crippen LogP contribution in [-0.2, 0) is 21.5 Å². The standard InChI is InChI=1S/C28H32N2O3S/c1-5-24-17-16-23-13-9-10-14-26(23)30(24)33-20-21-15-18-25(22-11-7-6-8-12-22)27(19-21)34(31,32)29-28(2,3)4/h6-19,24,29H,5,20H2,1-4H3. The number of nitrogens with one attached hydrogen (secondary N) is 1. The fourth-order valence-corrected chi connectivity index (χ4v) is 5.80. The van der Waals surface area contributed by atoms with E-state index in [2.05, 4.69) is 29.9 Å². The molecule has 178 valence electrons. The molecule has 0 amide bonds. The molecule has 0 saturated carbocycles. The summed E-state index contributed by atoms with van der Waals surface area (Å²) >= 11 is 0. The second kappa shape index (κ2) is 9.74. The number of hydrogen-bond donors (Lipinski definition) is 1. The van der Waals surface area contributed by atoms with Crippen LogP contribution in [0.5, 0.6) is 0 Å². The molecule has 1 N–H and O–H groups in total. The molecule has 1 aliphatic rings. The third-order valence-corrected chi connectivity index (χ3v) is 7.42. The second-order valence-corrected chi connectivity index (χ2v) is 11.2. The molecule has 0 bridgehead atoms. The average molecular weight is 477 g/mol. The molecule has 6 heteroatoms. The third-order valence-electron chi connectivity index (χ3n) is 5.62. The molecule has 34 heavy (non-hydrogen) atoms. The highest BCUT2D eigenvalue weighted by Crippen LogP contribution is 2.32. The molecule has 5 nitrogen and oxygen atoms in total. The second-order valence-electron chi connectivity index (χ2n) is 9.54. The Labute approximate surface area is 203 Å². The van der Waals surface area contributed by atoms with E-state index in [9.17, 15) is 8.42 Å². The summed E-state index contributed by atoms with van der Waals surface area (Å²) in [5, 5.41) is 1.93. The third kappa shape index (κ3) is 5.41. The number of fused-ring (bicyclic) bond motifs is 1. The van der Waals surface area contributed by atoms with Crippen LogP contribution in [0.25, 0.3) is 17.2 Å². The predicted molar refractivity (Wildman–Crippen MR) is 139 cm³/mol. The number of rotatable bonds is 7. The molecule has 0 spiro atoms. The normalized spacial score (nSPS) is 15.9. The first-order valence-electron chi connectivity index (χ1n) is 11.6. The summed E-state index contributed by atoms with van der Waals surface area (Å²) in [7, 11) is -3.76. The van der Waals surface area contributed by atoms with Crippen molar-refractivity contribution in [1.82, 2.24) is 4.72 Å². The number of hydroxylamine groups is 1. The van der Waals surface area contributed by atoms with Gasteiger partial charge in [0.05, 0.1) is 23.2 Å². The lowest BCUT2D eigenvalue weighted by molar-refractivity contribution is 0.0805. The van der Waals surface area contributed by atoms with E-state index in [4.69, 9.17) is 4.84 Å². The molecule has 0 aliphatic carbocycles. The van der Waals surface area contributed by atoms with Crippen molar-refractivity contribution in [2.45, 2.75) is 57.2 Å². The number of nitrogens with zero attached hydrogens (tertiary/aromatic N) is 1. The largest absolute Gasteiger partial charge is 0.268 e. The van der Waals surface area contributed by atoms with Gasteiger partial charge < -0.3 is 0 Å². The zero-order valence-electron chi connectivity index (χ0n) is 20.2. The van der Waals surface area contributed by atoms with E-state index in [1.165, 1.54) is 0 Å². The average Bonchev–Trinajstić information content (AvgIpc) is 2.81. The first-order valence-corrected chi connectivity index (χ1v) is 13.1. The van der Waals surface area contributed by atoms with Crippen LogP contribution in [-0.4, -0.2) is 20.0 Å². The van der Waals surface area contributed by atoms with Crippen LogP contribution in [0.2, 0.25) is 0 Å². The van der Waals surface area contributed by atoms with Gasteiger partial charge in [-0.05, 0) is 56.0 Å². The first-order chi connectivity index (χ1) is 16.2. The van der Waals surface area contributed by atoms with E-state index in [0.717, 1.165) is 28.8 Å². The lowest BCUT2D eigenvalue weighted by Crippen LogP contribution is -2.40. The van der Waals surface area contributed by atoms with Crippen molar-refractivity contribution in [1.29, 1.82) is 0 Å². The summed E-state index contributed by atoms with van der Waals surface area (Å²) in [6.07, 6.45) is 5.16. The summed E-state index contributed by atoms with van der Waals surface area (Å²) in [5.41, 5.74) is 3.82. The Hall–Kier alpha value is -2.93. The van der Waals surface area contributed by atoms with Gasteiger partial charge in [0.15, 0.2) is 0 Å². The zero-order valence-corrected chi connectivity index (χ0v) is 21.0. The van der Waals surface area contributed by atoms with Gasteiger partial charge in [0.25, 0.3) is 0 Å². The van der Waals surface area contributed by atoms with Gasteiger partial charge in [-0.2, -0.15) is 0 Å². The fraction of sp³-hybridized carbons (Fsp3) is 0.286. The summed E-state index contributed by atoms with van der Waals surface area (Å²) in [6.45, 7) is 7.90. The molecule has 0 aromatic heterocycles. The van der Waals surface area contributed by atoms with Crippen molar-refractivity contribution >= 4 is 21.8 Å². The molecule has 4 rings (SSSR count). The van der Waals surface area contributed by atoms with Crippen molar-refractivity contribution in [2.75, 3.05) is 5.06 Å². The highest BCUT2D eigenvalue weighted by Gasteiger charge is 2.26. The lowest BCUT2D eigenvalue weighted by Gasteiger charge is -2.34. The maximum atomic E-state index is 13.4. The number of para-hydroxylation sites is 1. The number of hydrogen-bond acceptors (Lipinski definition) is 4. The van der Waals surface area contributed by atoms with Crippen molar-refractivity contribution < 1.29 is 13.3 Å². The summed E-state index contributed by atoms with van der Waals surface area (Å²) in [5.74, 6) is 0. The molecule has 3 aromatic carbocycles. The van der Waals surface area contributed by atoms with Crippen molar-refractivity contribution in [3.05, 3.63) is 90.0 Å². The van der Waals surface area contributed by atoms with Crippen LogP contribution in [0.1, 0.15) is 45.2 Å². The minimum atomic E-state index is -3.76. The smallest absolute Gasteiger partial charge is 0.241 e. The highest BCUT2D eigenvalue weighted by atomic mass is 32.2. The summed E-state index contributed by atoms with van der Waals surface area (Å²) < 4.78 is 29.6. The number of benzene rings is 3. The molecule has 1 unspecified atom stereocenters. The molecule has 1 atom stereocenters. The monoisotopic (exact) mass is 476 g/mol. The van der Waals surface area contributed by atoms with E-state index < -0.39 is 15.6 Å². The Morgan fingerprint density at radius 3 is 2.38 bits per heavy atom. The maximum Gasteiger partial charge on any atom is 0.241 e. The van der Waals surface area contributed by atoms with Crippen molar-refractivity contribution in [3.63, 3.8) is 0 Å². The van der Waals surface area contributed by atoms with Crippen LogP contribution < -0.4 is 9.79 Å². The molecule has 0 radical (unpaired) electrons. The molecule has 0 saturated heterocycles. The Balaban J connectivity index is 1.68. The van der Waals surface area contributed by atoms with Gasteiger partial charge >= 0.3 is 0 Å². The van der Waals surface area contributed by atoms with E-state index in [1.807, 2.05) is 86.5 Å². The van der Waals surface area contributed by atoms with E-state index in [1.54, 1.807) is 6.07 Å². The van der Waals surface area contributed by atoms with Crippen molar-refractivity contribution in [3.8, 4) is 11.1 Å². The minimum Gasteiger partial charge on any atom is -0.268 e. The van der Waals surface area contributed by atoms with Gasteiger partial charge in [-0.25, -0.2) is 18.2 Å². The minimum absolute atomic E-state index is 0.115. The van der Waals surface area contributed by atoms with Gasteiger partial charge in [-0.3, -0.25) is 4.84 Å². The van der Waals surface area contributed by atoms with Crippen LogP contribution >= 0.6 is 0 Å². The SMILES string of the molecule is CCC1C=Cc2ccccc2N1OCc1ccc(-c2ccccc2)c(S(=O)(=O)NC(C)(C)C)c1. The molecule has 1 heterocycles. The maximum absolute atomic E-state index is 13.4.